The summed E-state index contributed by atoms with van der Waals surface area (Å²) in [6.45, 7) is 1.90. The van der Waals surface area contributed by atoms with E-state index in [-0.39, 0.29) is 0 Å². The average molecular weight is 279 g/mol. The van der Waals surface area contributed by atoms with Crippen molar-refractivity contribution in [2.24, 2.45) is 10.7 Å². The molecule has 0 heterocycles. The Kier molecular flexibility index (Phi) is 3.90. The van der Waals surface area contributed by atoms with Gasteiger partial charge in [0.05, 0.1) is 10.0 Å². The van der Waals surface area contributed by atoms with Crippen LogP contribution in [0.25, 0.3) is 0 Å². The van der Waals surface area contributed by atoms with Crippen LogP contribution >= 0.6 is 23.2 Å². The summed E-state index contributed by atoms with van der Waals surface area (Å²) in [5, 5.41) is 1.02. The highest BCUT2D eigenvalue weighted by Crippen LogP contribution is 2.35. The minimum Gasteiger partial charge on any atom is -0.383 e. The van der Waals surface area contributed by atoms with Crippen LogP contribution in [0.4, 0.5) is 5.69 Å². The zero-order chi connectivity index (χ0) is 13.1. The largest absolute Gasteiger partial charge is 0.383 e. The highest BCUT2D eigenvalue weighted by Gasteiger charge is 2.08. The molecule has 0 fully saturated rings. The van der Waals surface area contributed by atoms with Gasteiger partial charge in [-0.2, -0.15) is 0 Å². The van der Waals surface area contributed by atoms with Crippen LogP contribution in [0, 0.1) is 6.92 Å². The smallest absolute Gasteiger partial charge is 0.131 e. The molecular formula is C14H12Cl2N2. The molecule has 0 bridgehead atoms. The molecular weight excluding hydrogens is 267 g/mol. The minimum absolute atomic E-state index is 0.394. The molecule has 0 radical (unpaired) electrons. The number of nitrogens with zero attached hydrogens (tertiary/aromatic N) is 1. The summed E-state index contributed by atoms with van der Waals surface area (Å²) < 4.78 is 0. The van der Waals surface area contributed by atoms with Crippen molar-refractivity contribution < 1.29 is 0 Å². The van der Waals surface area contributed by atoms with Crippen LogP contribution in [0.1, 0.15) is 11.1 Å². The van der Waals surface area contributed by atoms with Crippen LogP contribution in [-0.2, 0) is 0 Å². The summed E-state index contributed by atoms with van der Waals surface area (Å²) in [5.74, 6) is 0.394. The van der Waals surface area contributed by atoms with Crippen molar-refractivity contribution in [2.75, 3.05) is 0 Å². The number of amidine groups is 1. The lowest BCUT2D eigenvalue weighted by Gasteiger charge is -2.06. The number of hydrogen-bond donors (Lipinski definition) is 1. The molecule has 0 amide bonds. The molecule has 0 aliphatic heterocycles. The van der Waals surface area contributed by atoms with Gasteiger partial charge in [0, 0.05) is 5.56 Å². The van der Waals surface area contributed by atoms with Crippen LogP contribution in [0.3, 0.4) is 0 Å². The molecule has 2 aromatic carbocycles. The average Bonchev–Trinajstić information content (AvgIpc) is 2.40. The highest BCUT2D eigenvalue weighted by atomic mass is 35.5. The Labute approximate surface area is 116 Å². The zero-order valence-electron chi connectivity index (χ0n) is 9.82. The van der Waals surface area contributed by atoms with Crippen LogP contribution in [0.2, 0.25) is 10.0 Å². The Morgan fingerprint density at radius 3 is 2.39 bits per heavy atom. The number of aliphatic imine (C=N–C) groups is 1. The van der Waals surface area contributed by atoms with Crippen molar-refractivity contribution in [3.05, 3.63) is 63.6 Å². The molecule has 0 unspecified atom stereocenters. The van der Waals surface area contributed by atoms with E-state index in [4.69, 9.17) is 28.9 Å². The third-order valence-electron chi connectivity index (χ3n) is 2.56. The maximum Gasteiger partial charge on any atom is 0.131 e. The van der Waals surface area contributed by atoms with Gasteiger partial charge in [0.2, 0.25) is 0 Å². The first-order valence-electron chi connectivity index (χ1n) is 5.44. The van der Waals surface area contributed by atoms with Crippen LogP contribution in [-0.4, -0.2) is 5.84 Å². The second-order valence-electron chi connectivity index (χ2n) is 3.89. The van der Waals surface area contributed by atoms with E-state index in [1.54, 1.807) is 6.07 Å². The number of halogens is 2. The van der Waals surface area contributed by atoms with Crippen molar-refractivity contribution >= 4 is 34.7 Å². The van der Waals surface area contributed by atoms with Crippen LogP contribution in [0.15, 0.2) is 47.5 Å². The van der Waals surface area contributed by atoms with Gasteiger partial charge in [-0.05, 0) is 18.6 Å². The molecule has 18 heavy (non-hydrogen) atoms. The second-order valence-corrected chi connectivity index (χ2v) is 4.68. The Morgan fingerprint density at radius 1 is 1.06 bits per heavy atom. The first-order valence-corrected chi connectivity index (χ1v) is 6.19. The summed E-state index contributed by atoms with van der Waals surface area (Å²) in [6.07, 6.45) is 0. The molecule has 2 N–H and O–H groups in total. The first kappa shape index (κ1) is 12.9. The van der Waals surface area contributed by atoms with E-state index in [2.05, 4.69) is 4.99 Å². The molecule has 0 aromatic heterocycles. The van der Waals surface area contributed by atoms with E-state index in [9.17, 15) is 0 Å². The van der Waals surface area contributed by atoms with Gasteiger partial charge in [0.25, 0.3) is 0 Å². The predicted molar refractivity (Wildman–Crippen MR) is 78.0 cm³/mol. The molecule has 0 saturated heterocycles. The molecule has 92 valence electrons. The maximum atomic E-state index is 6.18. The molecule has 0 aliphatic carbocycles. The Balaban J connectivity index is 2.49. The molecule has 2 nitrogen and oxygen atoms in total. The van der Waals surface area contributed by atoms with Crippen molar-refractivity contribution in [1.29, 1.82) is 0 Å². The van der Waals surface area contributed by atoms with Crippen LogP contribution < -0.4 is 5.73 Å². The van der Waals surface area contributed by atoms with Crippen molar-refractivity contribution in [3.63, 3.8) is 0 Å². The molecule has 0 spiro atoms. The SMILES string of the molecule is Cc1ccc(Cl)c(N=C(N)c2ccccc2)c1Cl. The van der Waals surface area contributed by atoms with Gasteiger partial charge in [-0.15, -0.1) is 0 Å². The first-order chi connectivity index (χ1) is 8.59. The van der Waals surface area contributed by atoms with E-state index >= 15 is 0 Å². The molecule has 4 heteroatoms. The van der Waals surface area contributed by atoms with E-state index < -0.39 is 0 Å². The van der Waals surface area contributed by atoms with Gasteiger partial charge < -0.3 is 5.73 Å². The van der Waals surface area contributed by atoms with Crippen molar-refractivity contribution in [2.45, 2.75) is 6.92 Å². The third-order valence-corrected chi connectivity index (χ3v) is 3.34. The molecule has 2 aromatic rings. The maximum absolute atomic E-state index is 6.18. The molecule has 0 aliphatic rings. The van der Waals surface area contributed by atoms with Gasteiger partial charge in [-0.1, -0.05) is 59.6 Å². The van der Waals surface area contributed by atoms with Gasteiger partial charge >= 0.3 is 0 Å². The number of rotatable bonds is 2. The van der Waals surface area contributed by atoms with Gasteiger partial charge in [0.15, 0.2) is 0 Å². The van der Waals surface area contributed by atoms with Crippen molar-refractivity contribution in [3.8, 4) is 0 Å². The van der Waals surface area contributed by atoms with E-state index in [1.165, 1.54) is 0 Å². The quantitative estimate of drug-likeness (QED) is 0.644. The normalized spacial score (nSPS) is 11.6. The van der Waals surface area contributed by atoms with E-state index in [0.29, 0.717) is 21.6 Å². The number of aryl methyl sites for hydroxylation is 1. The third kappa shape index (κ3) is 2.66. The monoisotopic (exact) mass is 278 g/mol. The fourth-order valence-corrected chi connectivity index (χ4v) is 1.99. The molecule has 2 rings (SSSR count). The Bertz CT molecular complexity index is 592. The standard InChI is InChI=1S/C14H12Cl2N2/c1-9-7-8-11(15)13(12(9)16)18-14(17)10-5-3-2-4-6-10/h2-8H,1H3,(H2,17,18). The van der Waals surface area contributed by atoms with Gasteiger partial charge in [0.1, 0.15) is 11.5 Å². The topological polar surface area (TPSA) is 38.4 Å². The lowest BCUT2D eigenvalue weighted by molar-refractivity contribution is 1.40. The number of benzene rings is 2. The predicted octanol–water partition coefficient (Wildman–Crippen LogP) is 4.34. The minimum atomic E-state index is 0.394. The molecule has 0 atom stereocenters. The lowest BCUT2D eigenvalue weighted by Crippen LogP contribution is -2.12. The lowest BCUT2D eigenvalue weighted by atomic mass is 10.2. The second kappa shape index (κ2) is 5.42. The summed E-state index contributed by atoms with van der Waals surface area (Å²) >= 11 is 12.3. The van der Waals surface area contributed by atoms with E-state index in [0.717, 1.165) is 11.1 Å². The molecule has 0 saturated carbocycles. The Hall–Kier alpha value is -1.51. The zero-order valence-corrected chi connectivity index (χ0v) is 11.3. The Morgan fingerprint density at radius 2 is 1.72 bits per heavy atom. The number of nitrogens with two attached hydrogens (primary N) is 1. The summed E-state index contributed by atoms with van der Waals surface area (Å²) in [5.41, 5.74) is 8.22. The van der Waals surface area contributed by atoms with Crippen LogP contribution in [0.5, 0.6) is 0 Å². The highest BCUT2D eigenvalue weighted by molar-refractivity contribution is 6.39. The van der Waals surface area contributed by atoms with Crippen molar-refractivity contribution in [1.82, 2.24) is 0 Å². The summed E-state index contributed by atoms with van der Waals surface area (Å²) in [6, 6.07) is 13.1. The van der Waals surface area contributed by atoms with E-state index in [1.807, 2.05) is 43.3 Å². The fourth-order valence-electron chi connectivity index (χ4n) is 1.54. The summed E-state index contributed by atoms with van der Waals surface area (Å²) in [4.78, 5) is 4.32. The van der Waals surface area contributed by atoms with Gasteiger partial charge in [-0.25, -0.2) is 4.99 Å². The number of hydrogen-bond acceptors (Lipinski definition) is 1. The van der Waals surface area contributed by atoms with Gasteiger partial charge in [-0.3, -0.25) is 0 Å². The fraction of sp³-hybridized carbons (Fsp3) is 0.0714. The summed E-state index contributed by atoms with van der Waals surface area (Å²) in [7, 11) is 0.